The Morgan fingerprint density at radius 2 is 1.88 bits per heavy atom. The first kappa shape index (κ1) is 16.1. The maximum atomic E-state index is 6.10. The monoisotopic (exact) mass is 340 g/mol. The number of halogens is 1. The molecule has 1 aromatic carbocycles. The zero-order valence-electron chi connectivity index (χ0n) is 13.3. The van der Waals surface area contributed by atoms with Gasteiger partial charge in [-0.05, 0) is 26.0 Å². The van der Waals surface area contributed by atoms with Crippen molar-refractivity contribution >= 4 is 40.2 Å². The maximum absolute atomic E-state index is 6.10. The van der Waals surface area contributed by atoms with Crippen LogP contribution in [0.5, 0.6) is 0 Å². The van der Waals surface area contributed by atoms with Crippen LogP contribution >= 0.6 is 12.4 Å². The van der Waals surface area contributed by atoms with E-state index in [0.717, 1.165) is 33.2 Å². The summed E-state index contributed by atoms with van der Waals surface area (Å²) in [6, 6.07) is 10.2. The van der Waals surface area contributed by atoms with Gasteiger partial charge in [-0.2, -0.15) is 5.10 Å². The van der Waals surface area contributed by atoms with Crippen LogP contribution in [0.15, 0.2) is 42.9 Å². The number of nitrogens with zero attached hydrogens (tertiary/aromatic N) is 5. The first-order valence-corrected chi connectivity index (χ1v) is 7.49. The lowest BCUT2D eigenvalue weighted by molar-refractivity contribution is 0.548. The summed E-state index contributed by atoms with van der Waals surface area (Å²) in [6.07, 6.45) is 3.29. The molecule has 0 spiro atoms. The largest absolute Gasteiger partial charge is 0.383 e. The first-order chi connectivity index (χ1) is 11.1. The number of aromatic nitrogens is 5. The van der Waals surface area contributed by atoms with Gasteiger partial charge in [-0.3, -0.25) is 4.98 Å². The number of fused-ring (bicyclic) bond motifs is 2. The number of benzene rings is 1. The summed E-state index contributed by atoms with van der Waals surface area (Å²) in [5.74, 6) is 0.435. The molecule has 24 heavy (non-hydrogen) atoms. The SMILES string of the molecule is CC(C)n1nc(-c2cnc3ccccc3c2)c2c(N)ncnc21.Cl. The molecule has 0 amide bonds. The predicted octanol–water partition coefficient (Wildman–Crippen LogP) is 3.63. The van der Waals surface area contributed by atoms with Gasteiger partial charge in [0.2, 0.25) is 0 Å². The summed E-state index contributed by atoms with van der Waals surface area (Å²) < 4.78 is 1.87. The fraction of sp³-hybridized carbons (Fsp3) is 0.176. The van der Waals surface area contributed by atoms with E-state index in [1.807, 2.05) is 35.1 Å². The lowest BCUT2D eigenvalue weighted by Gasteiger charge is -2.05. The third kappa shape index (κ3) is 2.45. The first-order valence-electron chi connectivity index (χ1n) is 7.49. The Bertz CT molecular complexity index is 1020. The quantitative estimate of drug-likeness (QED) is 0.602. The Morgan fingerprint density at radius 3 is 2.67 bits per heavy atom. The second kappa shape index (κ2) is 6.05. The van der Waals surface area contributed by atoms with Gasteiger partial charge in [0.1, 0.15) is 17.8 Å². The molecule has 2 N–H and O–H groups in total. The summed E-state index contributed by atoms with van der Waals surface area (Å²) >= 11 is 0. The van der Waals surface area contributed by atoms with Crippen LogP contribution < -0.4 is 5.73 Å². The molecule has 0 unspecified atom stereocenters. The number of para-hydroxylation sites is 1. The van der Waals surface area contributed by atoms with Crippen LogP contribution in [0.1, 0.15) is 19.9 Å². The number of pyridine rings is 1. The van der Waals surface area contributed by atoms with Gasteiger partial charge in [-0.15, -0.1) is 12.4 Å². The van der Waals surface area contributed by atoms with Gasteiger partial charge in [0.25, 0.3) is 0 Å². The minimum atomic E-state index is 0. The molecule has 3 heterocycles. The van der Waals surface area contributed by atoms with E-state index < -0.39 is 0 Å². The fourth-order valence-corrected chi connectivity index (χ4v) is 2.76. The maximum Gasteiger partial charge on any atom is 0.164 e. The van der Waals surface area contributed by atoms with E-state index in [0.29, 0.717) is 5.82 Å². The van der Waals surface area contributed by atoms with E-state index in [1.54, 1.807) is 0 Å². The number of hydrogen-bond acceptors (Lipinski definition) is 5. The molecule has 0 bridgehead atoms. The van der Waals surface area contributed by atoms with Crippen LogP contribution in [0.2, 0.25) is 0 Å². The molecule has 0 atom stereocenters. The van der Waals surface area contributed by atoms with E-state index in [1.165, 1.54) is 6.33 Å². The lowest BCUT2D eigenvalue weighted by atomic mass is 10.1. The summed E-state index contributed by atoms with van der Waals surface area (Å²) in [6.45, 7) is 4.13. The molecule has 0 saturated heterocycles. The molecule has 4 rings (SSSR count). The molecular weight excluding hydrogens is 324 g/mol. The topological polar surface area (TPSA) is 82.5 Å². The summed E-state index contributed by atoms with van der Waals surface area (Å²) in [5, 5.41) is 6.56. The Kier molecular flexibility index (Phi) is 4.07. The number of nitrogen functional groups attached to an aromatic ring is 1. The third-order valence-corrected chi connectivity index (χ3v) is 3.87. The molecule has 0 aliphatic rings. The van der Waals surface area contributed by atoms with Crippen LogP contribution in [0.4, 0.5) is 5.82 Å². The van der Waals surface area contributed by atoms with E-state index in [2.05, 4.69) is 34.9 Å². The number of rotatable bonds is 2. The van der Waals surface area contributed by atoms with Crippen LogP contribution in [-0.2, 0) is 0 Å². The van der Waals surface area contributed by atoms with Gasteiger partial charge in [-0.25, -0.2) is 14.6 Å². The highest BCUT2D eigenvalue weighted by atomic mass is 35.5. The Labute approximate surface area is 145 Å². The average molecular weight is 341 g/mol. The van der Waals surface area contributed by atoms with Crippen molar-refractivity contribution in [3.8, 4) is 11.3 Å². The standard InChI is InChI=1S/C17H16N6.ClH/c1-10(2)23-17-14(16(18)20-9-21-17)15(22-23)12-7-11-5-3-4-6-13(11)19-8-12;/h3-10H,1-2H3,(H2,18,20,21);1H. The molecule has 7 heteroatoms. The normalized spacial score (nSPS) is 11.1. The van der Waals surface area contributed by atoms with Gasteiger partial charge in [0, 0.05) is 23.2 Å². The Morgan fingerprint density at radius 1 is 1.08 bits per heavy atom. The average Bonchev–Trinajstić information content (AvgIpc) is 2.96. The number of hydrogen-bond donors (Lipinski definition) is 1. The zero-order chi connectivity index (χ0) is 16.0. The van der Waals surface area contributed by atoms with Crippen LogP contribution in [0.25, 0.3) is 33.2 Å². The van der Waals surface area contributed by atoms with Crippen molar-refractivity contribution in [2.24, 2.45) is 0 Å². The van der Waals surface area contributed by atoms with Crippen molar-refractivity contribution in [1.29, 1.82) is 0 Å². The summed E-state index contributed by atoms with van der Waals surface area (Å²) in [4.78, 5) is 13.0. The van der Waals surface area contributed by atoms with Crippen molar-refractivity contribution in [3.05, 3.63) is 42.9 Å². The van der Waals surface area contributed by atoms with E-state index in [-0.39, 0.29) is 18.4 Å². The number of nitrogens with two attached hydrogens (primary N) is 1. The third-order valence-electron chi connectivity index (χ3n) is 3.87. The molecule has 4 aromatic rings. The summed E-state index contributed by atoms with van der Waals surface area (Å²) in [5.41, 5.74) is 9.47. The van der Waals surface area contributed by atoms with E-state index in [9.17, 15) is 0 Å². The van der Waals surface area contributed by atoms with Gasteiger partial charge >= 0.3 is 0 Å². The zero-order valence-corrected chi connectivity index (χ0v) is 14.2. The molecule has 3 aromatic heterocycles. The lowest BCUT2D eigenvalue weighted by Crippen LogP contribution is -2.04. The molecule has 0 fully saturated rings. The highest BCUT2D eigenvalue weighted by molar-refractivity contribution is 5.99. The van der Waals surface area contributed by atoms with Gasteiger partial charge in [0.15, 0.2) is 5.65 Å². The van der Waals surface area contributed by atoms with Gasteiger partial charge < -0.3 is 5.73 Å². The Hall–Kier alpha value is -2.73. The van der Waals surface area contributed by atoms with E-state index >= 15 is 0 Å². The second-order valence-electron chi connectivity index (χ2n) is 5.76. The minimum absolute atomic E-state index is 0. The van der Waals surface area contributed by atoms with Gasteiger partial charge in [-0.1, -0.05) is 18.2 Å². The molecule has 122 valence electrons. The predicted molar refractivity (Wildman–Crippen MR) is 98.1 cm³/mol. The van der Waals surface area contributed by atoms with Gasteiger partial charge in [0.05, 0.1) is 10.9 Å². The molecule has 0 aliphatic carbocycles. The Balaban J connectivity index is 0.00000169. The highest BCUT2D eigenvalue weighted by Gasteiger charge is 2.18. The molecule has 0 saturated carbocycles. The minimum Gasteiger partial charge on any atom is -0.383 e. The molecule has 0 radical (unpaired) electrons. The second-order valence-corrected chi connectivity index (χ2v) is 5.76. The van der Waals surface area contributed by atoms with Crippen molar-refractivity contribution in [2.45, 2.75) is 19.9 Å². The smallest absolute Gasteiger partial charge is 0.164 e. The van der Waals surface area contributed by atoms with E-state index in [4.69, 9.17) is 10.8 Å². The van der Waals surface area contributed by atoms with Crippen LogP contribution in [-0.4, -0.2) is 24.7 Å². The van der Waals surface area contributed by atoms with Crippen molar-refractivity contribution in [2.75, 3.05) is 5.73 Å². The molecular formula is C17H17ClN6. The summed E-state index contributed by atoms with van der Waals surface area (Å²) in [7, 11) is 0. The van der Waals surface area contributed by atoms with Crippen LogP contribution in [0.3, 0.4) is 0 Å². The van der Waals surface area contributed by atoms with Crippen LogP contribution in [0, 0.1) is 0 Å². The molecule has 6 nitrogen and oxygen atoms in total. The van der Waals surface area contributed by atoms with Crippen molar-refractivity contribution in [1.82, 2.24) is 24.7 Å². The number of anilines is 1. The highest BCUT2D eigenvalue weighted by Crippen LogP contribution is 2.32. The van der Waals surface area contributed by atoms with Crippen molar-refractivity contribution in [3.63, 3.8) is 0 Å². The van der Waals surface area contributed by atoms with Crippen molar-refractivity contribution < 1.29 is 0 Å². The fourth-order valence-electron chi connectivity index (χ4n) is 2.76. The molecule has 0 aliphatic heterocycles.